The van der Waals surface area contributed by atoms with Gasteiger partial charge in [-0.3, -0.25) is 0 Å². The van der Waals surface area contributed by atoms with Crippen molar-refractivity contribution in [1.29, 1.82) is 0 Å². The highest BCUT2D eigenvalue weighted by Gasteiger charge is 2.36. The molecule has 0 bridgehead atoms. The molecule has 2 aromatic heterocycles. The molecule has 0 radical (unpaired) electrons. The van der Waals surface area contributed by atoms with Crippen molar-refractivity contribution in [2.24, 2.45) is 5.73 Å². The third-order valence-electron chi connectivity index (χ3n) is 5.58. The van der Waals surface area contributed by atoms with Crippen LogP contribution in [0.2, 0.25) is 5.02 Å². The first-order valence-electron chi connectivity index (χ1n) is 9.31. The number of nitrogens with zero attached hydrogens (tertiary/aromatic N) is 4. The van der Waals surface area contributed by atoms with E-state index in [1.807, 2.05) is 43.7 Å². The van der Waals surface area contributed by atoms with Crippen molar-refractivity contribution in [3.63, 3.8) is 0 Å². The van der Waals surface area contributed by atoms with Crippen LogP contribution < -0.4 is 5.73 Å². The van der Waals surface area contributed by atoms with E-state index in [2.05, 4.69) is 15.2 Å². The van der Waals surface area contributed by atoms with Gasteiger partial charge in [0.15, 0.2) is 5.82 Å². The molecule has 1 saturated carbocycles. The zero-order chi connectivity index (χ0) is 19.2. The van der Waals surface area contributed by atoms with Crippen molar-refractivity contribution in [2.75, 3.05) is 0 Å². The van der Waals surface area contributed by atoms with Gasteiger partial charge in [0.05, 0.1) is 23.3 Å². The Balaban J connectivity index is 0.00000225. The minimum absolute atomic E-state index is 0. The number of benzene rings is 1. The van der Waals surface area contributed by atoms with Gasteiger partial charge in [-0.15, -0.1) is 12.4 Å². The van der Waals surface area contributed by atoms with Crippen molar-refractivity contribution in [3.8, 4) is 5.69 Å². The molecule has 6 nitrogen and oxygen atoms in total. The number of rotatable bonds is 4. The summed E-state index contributed by atoms with van der Waals surface area (Å²) in [4.78, 5) is 4.59. The molecule has 8 heteroatoms. The zero-order valence-corrected chi connectivity index (χ0v) is 17.9. The van der Waals surface area contributed by atoms with E-state index < -0.39 is 5.54 Å². The van der Waals surface area contributed by atoms with Crippen molar-refractivity contribution < 1.29 is 4.52 Å². The fourth-order valence-electron chi connectivity index (χ4n) is 3.81. The van der Waals surface area contributed by atoms with Gasteiger partial charge < -0.3 is 10.3 Å². The molecule has 1 fully saturated rings. The highest BCUT2D eigenvalue weighted by molar-refractivity contribution is 6.31. The van der Waals surface area contributed by atoms with Gasteiger partial charge in [-0.1, -0.05) is 35.7 Å². The van der Waals surface area contributed by atoms with E-state index in [4.69, 9.17) is 21.9 Å². The monoisotopic (exact) mass is 421 g/mol. The summed E-state index contributed by atoms with van der Waals surface area (Å²) >= 11 is 6.28. The standard InChI is InChI=1S/C20H24ClN5O.ClH/c1-12-6-7-15(10-17(12)21)26-14(3)16(13(2)24-26)11-18-23-19(25-27-18)20(22)8-4-5-9-20;/h6-7,10H,4-5,8-9,11,22H2,1-3H3;1H. The average molecular weight is 422 g/mol. The molecule has 1 aromatic carbocycles. The van der Waals surface area contributed by atoms with Gasteiger partial charge in [0, 0.05) is 16.3 Å². The Morgan fingerprint density at radius 1 is 1.21 bits per heavy atom. The van der Waals surface area contributed by atoms with Crippen LogP contribution in [0.15, 0.2) is 22.7 Å². The fraction of sp³-hybridized carbons (Fsp3) is 0.450. The van der Waals surface area contributed by atoms with E-state index in [1.165, 1.54) is 0 Å². The molecule has 0 unspecified atom stereocenters. The maximum absolute atomic E-state index is 6.44. The molecule has 2 heterocycles. The highest BCUT2D eigenvalue weighted by Crippen LogP contribution is 2.34. The van der Waals surface area contributed by atoms with Crippen LogP contribution >= 0.6 is 24.0 Å². The first-order chi connectivity index (χ1) is 12.9. The highest BCUT2D eigenvalue weighted by atomic mass is 35.5. The van der Waals surface area contributed by atoms with Crippen molar-refractivity contribution in [1.82, 2.24) is 19.9 Å². The van der Waals surface area contributed by atoms with Gasteiger partial charge in [-0.2, -0.15) is 10.1 Å². The Hall–Kier alpha value is -1.89. The predicted octanol–water partition coefficient (Wildman–Crippen LogP) is 4.57. The van der Waals surface area contributed by atoms with E-state index in [9.17, 15) is 0 Å². The molecule has 4 rings (SSSR count). The number of hydrogen-bond acceptors (Lipinski definition) is 5. The molecule has 2 N–H and O–H groups in total. The van der Waals surface area contributed by atoms with E-state index in [0.717, 1.165) is 58.9 Å². The lowest BCUT2D eigenvalue weighted by atomic mass is 9.98. The second-order valence-electron chi connectivity index (χ2n) is 7.55. The molecule has 0 spiro atoms. The number of nitrogens with two attached hydrogens (primary N) is 1. The lowest BCUT2D eigenvalue weighted by molar-refractivity contribution is 0.352. The summed E-state index contributed by atoms with van der Waals surface area (Å²) in [6, 6.07) is 5.96. The van der Waals surface area contributed by atoms with E-state index in [1.54, 1.807) is 0 Å². The Kier molecular flexibility index (Phi) is 5.84. The Morgan fingerprint density at radius 3 is 2.61 bits per heavy atom. The van der Waals surface area contributed by atoms with E-state index in [-0.39, 0.29) is 12.4 Å². The first-order valence-corrected chi connectivity index (χ1v) is 9.69. The second-order valence-corrected chi connectivity index (χ2v) is 7.95. The lowest BCUT2D eigenvalue weighted by Crippen LogP contribution is -2.34. The topological polar surface area (TPSA) is 82.8 Å². The average Bonchev–Trinajstić information content (AvgIpc) is 3.34. The second kappa shape index (κ2) is 7.85. The summed E-state index contributed by atoms with van der Waals surface area (Å²) in [5, 5.41) is 9.57. The van der Waals surface area contributed by atoms with Gasteiger partial charge in [0.1, 0.15) is 0 Å². The summed E-state index contributed by atoms with van der Waals surface area (Å²) in [6.07, 6.45) is 4.60. The first kappa shape index (κ1) is 20.8. The van der Waals surface area contributed by atoms with Gasteiger partial charge >= 0.3 is 0 Å². The molecule has 0 aliphatic heterocycles. The number of aromatic nitrogens is 4. The van der Waals surface area contributed by atoms with Crippen LogP contribution in [0.3, 0.4) is 0 Å². The van der Waals surface area contributed by atoms with Crippen LogP contribution in [-0.2, 0) is 12.0 Å². The van der Waals surface area contributed by atoms with E-state index in [0.29, 0.717) is 18.1 Å². The third-order valence-corrected chi connectivity index (χ3v) is 5.99. The van der Waals surface area contributed by atoms with E-state index >= 15 is 0 Å². The lowest BCUT2D eigenvalue weighted by Gasteiger charge is -2.17. The SMILES string of the molecule is Cc1ccc(-n2nc(C)c(Cc3nc(C4(N)CCCC4)no3)c2C)cc1Cl.Cl. The molecule has 3 aromatic rings. The number of hydrogen-bond donors (Lipinski definition) is 1. The summed E-state index contributed by atoms with van der Waals surface area (Å²) in [5.41, 5.74) is 11.0. The zero-order valence-electron chi connectivity index (χ0n) is 16.3. The number of halogens is 2. The largest absolute Gasteiger partial charge is 0.339 e. The predicted molar refractivity (Wildman–Crippen MR) is 111 cm³/mol. The molecule has 0 saturated heterocycles. The maximum Gasteiger partial charge on any atom is 0.231 e. The Labute approximate surface area is 175 Å². The molecular formula is C20H25Cl2N5O. The van der Waals surface area contributed by atoms with Gasteiger partial charge in [0.2, 0.25) is 5.89 Å². The Morgan fingerprint density at radius 2 is 1.93 bits per heavy atom. The molecule has 0 atom stereocenters. The van der Waals surface area contributed by atoms with Gasteiger partial charge in [-0.05, 0) is 51.3 Å². The number of aryl methyl sites for hydroxylation is 2. The van der Waals surface area contributed by atoms with Crippen LogP contribution in [0.5, 0.6) is 0 Å². The van der Waals surface area contributed by atoms with Crippen LogP contribution in [-0.4, -0.2) is 19.9 Å². The maximum atomic E-state index is 6.44. The quantitative estimate of drug-likeness (QED) is 0.666. The molecule has 1 aliphatic carbocycles. The van der Waals surface area contributed by atoms with Crippen LogP contribution in [0.25, 0.3) is 5.69 Å². The normalized spacial score (nSPS) is 15.6. The Bertz CT molecular complexity index is 989. The molecule has 28 heavy (non-hydrogen) atoms. The van der Waals surface area contributed by atoms with Crippen LogP contribution in [0.1, 0.15) is 59.9 Å². The third kappa shape index (κ3) is 3.69. The summed E-state index contributed by atoms with van der Waals surface area (Å²) in [5.74, 6) is 1.21. The van der Waals surface area contributed by atoms with Crippen molar-refractivity contribution in [2.45, 2.75) is 58.4 Å². The van der Waals surface area contributed by atoms with Crippen LogP contribution in [0.4, 0.5) is 0 Å². The summed E-state index contributed by atoms with van der Waals surface area (Å²) < 4.78 is 7.42. The minimum atomic E-state index is -0.436. The molecular weight excluding hydrogens is 397 g/mol. The van der Waals surface area contributed by atoms with Crippen molar-refractivity contribution in [3.05, 3.63) is 57.5 Å². The smallest absolute Gasteiger partial charge is 0.231 e. The minimum Gasteiger partial charge on any atom is -0.339 e. The fourth-order valence-corrected chi connectivity index (χ4v) is 3.98. The van der Waals surface area contributed by atoms with Crippen molar-refractivity contribution >= 4 is 24.0 Å². The summed E-state index contributed by atoms with van der Waals surface area (Å²) in [6.45, 7) is 6.02. The molecule has 1 aliphatic rings. The van der Waals surface area contributed by atoms with Gasteiger partial charge in [-0.25, -0.2) is 4.68 Å². The molecule has 150 valence electrons. The molecule has 0 amide bonds. The van der Waals surface area contributed by atoms with Crippen LogP contribution in [0, 0.1) is 20.8 Å². The van der Waals surface area contributed by atoms with Gasteiger partial charge in [0.25, 0.3) is 0 Å². The summed E-state index contributed by atoms with van der Waals surface area (Å²) in [7, 11) is 0.